The molecule has 1 aromatic rings. The highest BCUT2D eigenvalue weighted by Gasteiger charge is 2.36. The largest absolute Gasteiger partial charge is 0.374 e. The monoisotopic (exact) mass is 324 g/mol. The summed E-state index contributed by atoms with van der Waals surface area (Å²) in [5.74, 6) is 0. The number of fused-ring (bicyclic) bond motifs is 1. The van der Waals surface area contributed by atoms with Crippen molar-refractivity contribution in [1.29, 1.82) is 0 Å². The van der Waals surface area contributed by atoms with Gasteiger partial charge in [0.15, 0.2) is 0 Å². The minimum atomic E-state index is 0.433. The molecule has 0 amide bonds. The highest BCUT2D eigenvalue weighted by molar-refractivity contribution is 9.10. The summed E-state index contributed by atoms with van der Waals surface area (Å²) in [5.41, 5.74) is 8.46. The van der Waals surface area contributed by atoms with Gasteiger partial charge in [-0.15, -0.1) is 0 Å². The van der Waals surface area contributed by atoms with E-state index < -0.39 is 0 Å². The number of hydrogen-bond acceptors (Lipinski definition) is 3. The average Bonchev–Trinajstić information content (AvgIpc) is 2.88. The first-order valence-electron chi connectivity index (χ1n) is 7.16. The van der Waals surface area contributed by atoms with Gasteiger partial charge in [0, 0.05) is 16.7 Å². The van der Waals surface area contributed by atoms with Gasteiger partial charge in [-0.3, -0.25) is 0 Å². The van der Waals surface area contributed by atoms with E-state index in [1.54, 1.807) is 0 Å². The van der Waals surface area contributed by atoms with Crippen LogP contribution in [0.3, 0.4) is 0 Å². The second kappa shape index (κ2) is 5.81. The van der Waals surface area contributed by atoms with Crippen LogP contribution in [0.5, 0.6) is 0 Å². The lowest BCUT2D eigenvalue weighted by atomic mass is 10.0. The molecule has 0 bridgehead atoms. The standard InChI is InChI=1S/C15H21BrN2O/c16-12-4-5-13(11(10-12)6-7-17)18-8-9-19-15-3-1-2-14(15)18/h4-5,10,14-15H,1-3,6-9,17H2. The molecule has 1 heterocycles. The fraction of sp³-hybridized carbons (Fsp3) is 0.600. The summed E-state index contributed by atoms with van der Waals surface area (Å²) in [6, 6.07) is 7.14. The molecular formula is C15H21BrN2O. The maximum absolute atomic E-state index is 5.90. The van der Waals surface area contributed by atoms with E-state index in [1.165, 1.54) is 30.5 Å². The van der Waals surface area contributed by atoms with Gasteiger partial charge in [0.2, 0.25) is 0 Å². The predicted molar refractivity (Wildman–Crippen MR) is 81.6 cm³/mol. The first-order chi connectivity index (χ1) is 9.29. The van der Waals surface area contributed by atoms with E-state index in [-0.39, 0.29) is 0 Å². The Balaban J connectivity index is 1.91. The quantitative estimate of drug-likeness (QED) is 0.929. The molecule has 2 aliphatic rings. The third kappa shape index (κ3) is 2.67. The van der Waals surface area contributed by atoms with Gasteiger partial charge in [0.25, 0.3) is 0 Å². The number of rotatable bonds is 3. The minimum Gasteiger partial charge on any atom is -0.374 e. The van der Waals surface area contributed by atoms with Crippen molar-refractivity contribution in [2.75, 3.05) is 24.6 Å². The van der Waals surface area contributed by atoms with Crippen LogP contribution in [-0.2, 0) is 11.2 Å². The van der Waals surface area contributed by atoms with Crippen molar-refractivity contribution in [2.24, 2.45) is 5.73 Å². The Morgan fingerprint density at radius 1 is 1.37 bits per heavy atom. The van der Waals surface area contributed by atoms with E-state index in [9.17, 15) is 0 Å². The molecular weight excluding hydrogens is 304 g/mol. The fourth-order valence-electron chi connectivity index (χ4n) is 3.41. The SMILES string of the molecule is NCCc1cc(Br)ccc1N1CCOC2CCCC21. The van der Waals surface area contributed by atoms with Crippen molar-refractivity contribution < 1.29 is 4.74 Å². The Morgan fingerprint density at radius 3 is 3.11 bits per heavy atom. The summed E-state index contributed by atoms with van der Waals surface area (Å²) in [6.45, 7) is 2.54. The predicted octanol–water partition coefficient (Wildman–Crippen LogP) is 2.71. The second-order valence-electron chi connectivity index (χ2n) is 5.41. The number of halogens is 1. The topological polar surface area (TPSA) is 38.5 Å². The van der Waals surface area contributed by atoms with Gasteiger partial charge in [0.1, 0.15) is 0 Å². The van der Waals surface area contributed by atoms with E-state index in [1.807, 2.05) is 0 Å². The maximum Gasteiger partial charge on any atom is 0.0779 e. The zero-order valence-corrected chi connectivity index (χ0v) is 12.7. The van der Waals surface area contributed by atoms with Crippen molar-refractivity contribution in [1.82, 2.24) is 0 Å². The van der Waals surface area contributed by atoms with Gasteiger partial charge in [-0.25, -0.2) is 0 Å². The molecule has 0 spiro atoms. The molecule has 104 valence electrons. The number of ether oxygens (including phenoxy) is 1. The zero-order valence-electron chi connectivity index (χ0n) is 11.1. The second-order valence-corrected chi connectivity index (χ2v) is 6.33. The Kier molecular flexibility index (Phi) is 4.10. The number of benzene rings is 1. The molecule has 19 heavy (non-hydrogen) atoms. The Hall–Kier alpha value is -0.580. The lowest BCUT2D eigenvalue weighted by Crippen LogP contribution is -2.49. The molecule has 2 fully saturated rings. The molecule has 3 nitrogen and oxygen atoms in total. The minimum absolute atomic E-state index is 0.433. The smallest absolute Gasteiger partial charge is 0.0779 e. The van der Waals surface area contributed by atoms with Crippen LogP contribution in [0.15, 0.2) is 22.7 Å². The molecule has 2 atom stereocenters. The van der Waals surface area contributed by atoms with Crippen LogP contribution in [0.2, 0.25) is 0 Å². The van der Waals surface area contributed by atoms with E-state index in [4.69, 9.17) is 10.5 Å². The first-order valence-corrected chi connectivity index (χ1v) is 7.95. The summed E-state index contributed by atoms with van der Waals surface area (Å²) in [7, 11) is 0. The number of anilines is 1. The van der Waals surface area contributed by atoms with Crippen molar-refractivity contribution >= 4 is 21.6 Å². The van der Waals surface area contributed by atoms with Gasteiger partial charge >= 0.3 is 0 Å². The van der Waals surface area contributed by atoms with Crippen molar-refractivity contribution in [3.63, 3.8) is 0 Å². The summed E-state index contributed by atoms with van der Waals surface area (Å²) in [6.07, 6.45) is 5.12. The molecule has 0 aromatic heterocycles. The summed E-state index contributed by atoms with van der Waals surface area (Å²) >= 11 is 3.56. The average molecular weight is 325 g/mol. The van der Waals surface area contributed by atoms with Crippen LogP contribution in [0, 0.1) is 0 Å². The van der Waals surface area contributed by atoms with Crippen molar-refractivity contribution in [3.05, 3.63) is 28.2 Å². The fourth-order valence-corrected chi connectivity index (χ4v) is 3.82. The molecule has 3 rings (SSSR count). The Labute approximate surface area is 123 Å². The first kappa shape index (κ1) is 13.4. The molecule has 4 heteroatoms. The van der Waals surface area contributed by atoms with Crippen LogP contribution in [0.1, 0.15) is 24.8 Å². The van der Waals surface area contributed by atoms with Crippen LogP contribution < -0.4 is 10.6 Å². The molecule has 1 saturated carbocycles. The number of hydrogen-bond donors (Lipinski definition) is 1. The normalized spacial score (nSPS) is 26.5. The van der Waals surface area contributed by atoms with Crippen molar-refractivity contribution in [2.45, 2.75) is 37.8 Å². The summed E-state index contributed by atoms with van der Waals surface area (Å²) < 4.78 is 7.04. The third-order valence-corrected chi connectivity index (χ3v) is 4.74. The number of nitrogens with zero attached hydrogens (tertiary/aromatic N) is 1. The molecule has 1 aliphatic heterocycles. The Bertz CT molecular complexity index is 452. The third-order valence-electron chi connectivity index (χ3n) is 4.25. The van der Waals surface area contributed by atoms with Gasteiger partial charge in [0.05, 0.1) is 18.8 Å². The van der Waals surface area contributed by atoms with E-state index in [0.717, 1.165) is 24.0 Å². The van der Waals surface area contributed by atoms with Crippen LogP contribution in [-0.4, -0.2) is 31.8 Å². The molecule has 2 N–H and O–H groups in total. The van der Waals surface area contributed by atoms with E-state index >= 15 is 0 Å². The maximum atomic E-state index is 5.90. The van der Waals surface area contributed by atoms with Gasteiger partial charge in [-0.05, 0) is 56.0 Å². The molecule has 2 unspecified atom stereocenters. The lowest BCUT2D eigenvalue weighted by molar-refractivity contribution is 0.0256. The van der Waals surface area contributed by atoms with Gasteiger partial charge < -0.3 is 15.4 Å². The van der Waals surface area contributed by atoms with Crippen LogP contribution >= 0.6 is 15.9 Å². The van der Waals surface area contributed by atoms with Crippen molar-refractivity contribution in [3.8, 4) is 0 Å². The van der Waals surface area contributed by atoms with Gasteiger partial charge in [-0.1, -0.05) is 15.9 Å². The molecule has 1 aromatic carbocycles. The van der Waals surface area contributed by atoms with E-state index in [2.05, 4.69) is 39.0 Å². The summed E-state index contributed by atoms with van der Waals surface area (Å²) in [5, 5.41) is 0. The zero-order chi connectivity index (χ0) is 13.2. The number of morpholine rings is 1. The Morgan fingerprint density at radius 2 is 2.26 bits per heavy atom. The lowest BCUT2D eigenvalue weighted by Gasteiger charge is -2.40. The molecule has 0 radical (unpaired) electrons. The number of nitrogens with two attached hydrogens (primary N) is 1. The van der Waals surface area contributed by atoms with Gasteiger partial charge in [-0.2, -0.15) is 0 Å². The highest BCUT2D eigenvalue weighted by atomic mass is 79.9. The van der Waals surface area contributed by atoms with Crippen LogP contribution in [0.4, 0.5) is 5.69 Å². The van der Waals surface area contributed by atoms with Crippen LogP contribution in [0.25, 0.3) is 0 Å². The highest BCUT2D eigenvalue weighted by Crippen LogP contribution is 2.35. The molecule has 1 saturated heterocycles. The molecule has 1 aliphatic carbocycles. The van der Waals surface area contributed by atoms with E-state index in [0.29, 0.717) is 18.7 Å². The summed E-state index contributed by atoms with van der Waals surface area (Å²) in [4.78, 5) is 2.55.